The molecule has 4 heteroatoms. The molecule has 0 fully saturated rings. The number of methoxy groups -OCH3 is 1. The van der Waals surface area contributed by atoms with E-state index in [9.17, 15) is 4.79 Å². The molecule has 0 spiro atoms. The highest BCUT2D eigenvalue weighted by molar-refractivity contribution is 5.97. The summed E-state index contributed by atoms with van der Waals surface area (Å²) in [5, 5.41) is 0. The van der Waals surface area contributed by atoms with Gasteiger partial charge in [-0.05, 0) is 56.3 Å². The molecule has 2 aromatic carbocycles. The average molecular weight is 280 g/mol. The predicted octanol–water partition coefficient (Wildman–Crippen LogP) is 3.55. The molecule has 0 N–H and O–H groups in total. The van der Waals surface area contributed by atoms with Crippen molar-refractivity contribution in [2.24, 2.45) is 0 Å². The molecule has 0 atom stereocenters. The van der Waals surface area contributed by atoms with Crippen molar-refractivity contribution >= 4 is 16.8 Å². The number of rotatable bonds is 3. The second-order valence-electron chi connectivity index (χ2n) is 4.95. The normalized spacial score (nSPS) is 10.8. The van der Waals surface area contributed by atoms with Crippen LogP contribution in [-0.2, 0) is 0 Å². The number of hydrogen-bond donors (Lipinski definition) is 0. The summed E-state index contributed by atoms with van der Waals surface area (Å²) in [6, 6.07) is 13.4. The van der Waals surface area contributed by atoms with Gasteiger partial charge in [-0.2, -0.15) is 0 Å². The summed E-state index contributed by atoms with van der Waals surface area (Å²) < 4.78 is 7.25. The quantitative estimate of drug-likeness (QED) is 0.689. The number of aryl methyl sites for hydroxylation is 1. The lowest BCUT2D eigenvalue weighted by molar-refractivity contribution is 0.101. The van der Waals surface area contributed by atoms with Gasteiger partial charge in [-0.3, -0.25) is 9.36 Å². The number of Topliss-reactive ketones (excluding diaryl/α,β-unsaturated/α-hetero) is 1. The fourth-order valence-corrected chi connectivity index (χ4v) is 2.48. The zero-order valence-electron chi connectivity index (χ0n) is 12.3. The van der Waals surface area contributed by atoms with E-state index in [4.69, 9.17) is 4.74 Å². The molecule has 0 aliphatic carbocycles. The lowest BCUT2D eigenvalue weighted by Gasteiger charge is -2.08. The molecule has 1 aromatic heterocycles. The van der Waals surface area contributed by atoms with Gasteiger partial charge in [0.2, 0.25) is 0 Å². The number of carbonyl (C=O) groups is 1. The maximum Gasteiger partial charge on any atom is 0.159 e. The third kappa shape index (κ3) is 2.29. The van der Waals surface area contributed by atoms with E-state index in [1.54, 1.807) is 14.0 Å². The third-order valence-electron chi connectivity index (χ3n) is 3.56. The van der Waals surface area contributed by atoms with Gasteiger partial charge >= 0.3 is 0 Å². The first-order valence-corrected chi connectivity index (χ1v) is 6.74. The second-order valence-corrected chi connectivity index (χ2v) is 4.95. The molecule has 3 aromatic rings. The number of imidazole rings is 1. The van der Waals surface area contributed by atoms with Gasteiger partial charge in [0.25, 0.3) is 0 Å². The minimum absolute atomic E-state index is 0.0496. The van der Waals surface area contributed by atoms with Crippen molar-refractivity contribution < 1.29 is 9.53 Å². The molecule has 0 unspecified atom stereocenters. The zero-order valence-corrected chi connectivity index (χ0v) is 12.3. The smallest absolute Gasteiger partial charge is 0.159 e. The van der Waals surface area contributed by atoms with Gasteiger partial charge in [0.05, 0.1) is 18.1 Å². The predicted molar refractivity (Wildman–Crippen MR) is 82.4 cm³/mol. The number of aromatic nitrogens is 2. The van der Waals surface area contributed by atoms with Crippen LogP contribution in [0.2, 0.25) is 0 Å². The van der Waals surface area contributed by atoms with Gasteiger partial charge in [-0.1, -0.05) is 0 Å². The maximum absolute atomic E-state index is 11.5. The van der Waals surface area contributed by atoms with Crippen molar-refractivity contribution in [3.05, 3.63) is 53.9 Å². The lowest BCUT2D eigenvalue weighted by Crippen LogP contribution is -1.97. The molecule has 0 aliphatic heterocycles. The van der Waals surface area contributed by atoms with Crippen molar-refractivity contribution in [3.63, 3.8) is 0 Å². The Hall–Kier alpha value is -2.62. The van der Waals surface area contributed by atoms with Crippen molar-refractivity contribution in [1.29, 1.82) is 0 Å². The Morgan fingerprint density at radius 1 is 1.14 bits per heavy atom. The summed E-state index contributed by atoms with van der Waals surface area (Å²) >= 11 is 0. The fourth-order valence-electron chi connectivity index (χ4n) is 2.48. The molecule has 0 amide bonds. The molecule has 0 saturated heterocycles. The first-order valence-electron chi connectivity index (χ1n) is 6.74. The van der Waals surface area contributed by atoms with Crippen LogP contribution in [0.25, 0.3) is 16.7 Å². The Morgan fingerprint density at radius 2 is 1.86 bits per heavy atom. The van der Waals surface area contributed by atoms with E-state index in [1.165, 1.54) is 0 Å². The molecular weight excluding hydrogens is 264 g/mol. The number of carbonyl (C=O) groups excluding carboxylic acids is 1. The summed E-state index contributed by atoms with van der Waals surface area (Å²) in [5.41, 5.74) is 3.52. The zero-order chi connectivity index (χ0) is 15.0. The van der Waals surface area contributed by atoms with Gasteiger partial charge in [0, 0.05) is 11.3 Å². The van der Waals surface area contributed by atoms with Gasteiger partial charge in [0.1, 0.15) is 11.6 Å². The van der Waals surface area contributed by atoms with Crippen LogP contribution in [0.1, 0.15) is 23.1 Å². The fraction of sp³-hybridized carbons (Fsp3) is 0.176. The second kappa shape index (κ2) is 5.05. The van der Waals surface area contributed by atoms with Crippen molar-refractivity contribution in [2.75, 3.05) is 7.11 Å². The van der Waals surface area contributed by atoms with Crippen LogP contribution < -0.4 is 4.74 Å². The first-order chi connectivity index (χ1) is 10.1. The minimum Gasteiger partial charge on any atom is -0.497 e. The van der Waals surface area contributed by atoms with E-state index in [0.29, 0.717) is 5.56 Å². The maximum atomic E-state index is 11.5. The molecule has 1 heterocycles. The summed E-state index contributed by atoms with van der Waals surface area (Å²) in [6.07, 6.45) is 0. The minimum atomic E-state index is 0.0496. The molecular formula is C17H16N2O2. The van der Waals surface area contributed by atoms with Crippen LogP contribution in [0.15, 0.2) is 42.5 Å². The Balaban J connectivity index is 2.17. The lowest BCUT2D eigenvalue weighted by atomic mass is 10.1. The van der Waals surface area contributed by atoms with Crippen LogP contribution >= 0.6 is 0 Å². The van der Waals surface area contributed by atoms with Crippen LogP contribution in [0.5, 0.6) is 5.75 Å². The van der Waals surface area contributed by atoms with Crippen molar-refractivity contribution in [2.45, 2.75) is 13.8 Å². The highest BCUT2D eigenvalue weighted by Crippen LogP contribution is 2.24. The van der Waals surface area contributed by atoms with E-state index in [-0.39, 0.29) is 5.78 Å². The Labute approximate surface area is 123 Å². The number of nitrogens with zero attached hydrogens (tertiary/aromatic N) is 2. The molecule has 0 bridgehead atoms. The monoisotopic (exact) mass is 280 g/mol. The topological polar surface area (TPSA) is 44.1 Å². The van der Waals surface area contributed by atoms with Crippen molar-refractivity contribution in [1.82, 2.24) is 9.55 Å². The number of ether oxygens (including phenoxy) is 1. The molecule has 106 valence electrons. The number of benzene rings is 2. The highest BCUT2D eigenvalue weighted by Gasteiger charge is 2.11. The van der Waals surface area contributed by atoms with Crippen LogP contribution in [0.4, 0.5) is 0 Å². The van der Waals surface area contributed by atoms with Gasteiger partial charge < -0.3 is 4.74 Å². The largest absolute Gasteiger partial charge is 0.497 e. The number of fused-ring (bicyclic) bond motifs is 1. The van der Waals surface area contributed by atoms with Crippen LogP contribution in [-0.4, -0.2) is 22.4 Å². The van der Waals surface area contributed by atoms with E-state index in [2.05, 4.69) is 9.55 Å². The molecule has 4 nitrogen and oxygen atoms in total. The molecule has 21 heavy (non-hydrogen) atoms. The van der Waals surface area contributed by atoms with E-state index < -0.39 is 0 Å². The Morgan fingerprint density at radius 3 is 2.48 bits per heavy atom. The van der Waals surface area contributed by atoms with Crippen molar-refractivity contribution in [3.8, 4) is 11.4 Å². The number of hydrogen-bond acceptors (Lipinski definition) is 3. The summed E-state index contributed by atoms with van der Waals surface area (Å²) in [6.45, 7) is 3.52. The van der Waals surface area contributed by atoms with E-state index >= 15 is 0 Å². The SMILES string of the molecule is COc1ccc(-n2c(C)nc3cc(C(C)=O)ccc32)cc1. The van der Waals surface area contributed by atoms with Gasteiger partial charge in [-0.15, -0.1) is 0 Å². The summed E-state index contributed by atoms with van der Waals surface area (Å²) in [5.74, 6) is 1.75. The Bertz CT molecular complexity index is 817. The molecule has 0 radical (unpaired) electrons. The molecule has 3 rings (SSSR count). The Kier molecular flexibility index (Phi) is 3.22. The highest BCUT2D eigenvalue weighted by atomic mass is 16.5. The van der Waals surface area contributed by atoms with Gasteiger partial charge in [0.15, 0.2) is 5.78 Å². The van der Waals surface area contributed by atoms with E-state index in [1.807, 2.05) is 49.4 Å². The van der Waals surface area contributed by atoms with Crippen LogP contribution in [0, 0.1) is 6.92 Å². The molecule has 0 aliphatic rings. The standard InChI is InChI=1S/C17H16N2O2/c1-11(20)13-4-9-17-16(10-13)18-12(2)19(17)14-5-7-15(21-3)8-6-14/h4-10H,1-3H3. The van der Waals surface area contributed by atoms with Crippen LogP contribution in [0.3, 0.4) is 0 Å². The third-order valence-corrected chi connectivity index (χ3v) is 3.56. The van der Waals surface area contributed by atoms with Gasteiger partial charge in [-0.25, -0.2) is 4.98 Å². The molecule has 0 saturated carbocycles. The average Bonchev–Trinajstić information content (AvgIpc) is 2.82. The summed E-state index contributed by atoms with van der Waals surface area (Å²) in [7, 11) is 1.65. The van der Waals surface area contributed by atoms with E-state index in [0.717, 1.165) is 28.3 Å². The first kappa shape index (κ1) is 13.4. The summed E-state index contributed by atoms with van der Waals surface area (Å²) in [4.78, 5) is 16.0. The number of ketones is 1.